The van der Waals surface area contributed by atoms with Gasteiger partial charge >= 0.3 is 5.97 Å². The fraction of sp³-hybridized carbons (Fsp3) is 0.469. The first kappa shape index (κ1) is 33.9. The first-order chi connectivity index (χ1) is 23.0. The fourth-order valence-electron chi connectivity index (χ4n) is 6.67. The molecule has 2 unspecified atom stereocenters. The number of carbonyl (C=O) groups excluding carboxylic acids is 2. The second-order valence-corrected chi connectivity index (χ2v) is 13.4. The summed E-state index contributed by atoms with van der Waals surface area (Å²) in [5.41, 5.74) is -0.543. The van der Waals surface area contributed by atoms with Gasteiger partial charge in [0.15, 0.2) is 16.4 Å². The number of aromatic nitrogens is 1. The molecule has 0 bridgehead atoms. The number of aliphatic hydroxyl groups excluding tert-OH is 1. The van der Waals surface area contributed by atoms with E-state index < -0.39 is 51.6 Å². The summed E-state index contributed by atoms with van der Waals surface area (Å²) in [6.07, 6.45) is 3.50. The molecule has 3 aromatic rings. The Hall–Kier alpha value is -3.98. The molecule has 1 aromatic heterocycles. The number of hydrogen-bond donors (Lipinski definition) is 3. The minimum atomic E-state index is -1.52. The van der Waals surface area contributed by atoms with Crippen LogP contribution in [0.1, 0.15) is 53.8 Å². The van der Waals surface area contributed by atoms with Gasteiger partial charge in [0, 0.05) is 43.5 Å². The number of methoxy groups -OCH3 is 1. The Balaban J connectivity index is 1.31. The van der Waals surface area contributed by atoms with E-state index in [1.807, 2.05) is 4.90 Å². The summed E-state index contributed by atoms with van der Waals surface area (Å²) in [6.45, 7) is 1.52. The van der Waals surface area contributed by atoms with Crippen LogP contribution in [0.25, 0.3) is 10.9 Å². The van der Waals surface area contributed by atoms with Crippen molar-refractivity contribution >= 4 is 57.4 Å². The normalized spacial score (nSPS) is 20.3. The molecule has 3 fully saturated rings. The maximum Gasteiger partial charge on any atom is 0.343 e. The van der Waals surface area contributed by atoms with Gasteiger partial charge in [-0.3, -0.25) is 19.7 Å². The quantitative estimate of drug-likeness (QED) is 0.116. The van der Waals surface area contributed by atoms with Crippen LogP contribution in [0.15, 0.2) is 41.3 Å². The molecule has 2 saturated heterocycles. The lowest BCUT2D eigenvalue weighted by Gasteiger charge is -2.25. The van der Waals surface area contributed by atoms with Gasteiger partial charge in [0.05, 0.1) is 29.0 Å². The first-order valence-corrected chi connectivity index (χ1v) is 16.5. The van der Waals surface area contributed by atoms with Crippen molar-refractivity contribution in [2.75, 3.05) is 38.3 Å². The number of esters is 1. The Kier molecular flexibility index (Phi) is 9.79. The highest BCUT2D eigenvalue weighted by Gasteiger charge is 2.38. The number of rotatable bonds is 11. The molecule has 256 valence electrons. The number of benzene rings is 2. The molecule has 4 atom stereocenters. The molecule has 1 saturated carbocycles. The van der Waals surface area contributed by atoms with Gasteiger partial charge < -0.3 is 34.7 Å². The molecular formula is C32H34Cl2FN5O8. The zero-order valence-electron chi connectivity index (χ0n) is 25.9. The second kappa shape index (κ2) is 13.9. The molecule has 1 aliphatic carbocycles. The summed E-state index contributed by atoms with van der Waals surface area (Å²) in [4.78, 5) is 50.5. The molecule has 13 nitrogen and oxygen atoms in total. The maximum absolute atomic E-state index is 16.0. The Morgan fingerprint density at radius 3 is 2.56 bits per heavy atom. The number of halogens is 3. The monoisotopic (exact) mass is 705 g/mol. The van der Waals surface area contributed by atoms with Gasteiger partial charge in [-0.2, -0.15) is 0 Å². The Labute approximate surface area is 284 Å². The van der Waals surface area contributed by atoms with Crippen LogP contribution < -0.4 is 25.7 Å². The largest absolute Gasteiger partial charge is 0.492 e. The minimum Gasteiger partial charge on any atom is -0.492 e. The van der Waals surface area contributed by atoms with Crippen LogP contribution in [-0.4, -0.2) is 76.7 Å². The van der Waals surface area contributed by atoms with Crippen LogP contribution in [0.2, 0.25) is 0 Å². The summed E-state index contributed by atoms with van der Waals surface area (Å²) in [5, 5.41) is 27.9. The summed E-state index contributed by atoms with van der Waals surface area (Å²) in [7, 11) is 1.43. The number of carbonyl (C=O) groups is 2. The van der Waals surface area contributed by atoms with Crippen LogP contribution in [0.5, 0.6) is 5.75 Å². The average Bonchev–Trinajstić information content (AvgIpc) is 3.83. The van der Waals surface area contributed by atoms with Gasteiger partial charge in [0.2, 0.25) is 5.43 Å². The predicted octanol–water partition coefficient (Wildman–Crippen LogP) is 3.76. The van der Waals surface area contributed by atoms with Crippen molar-refractivity contribution in [3.05, 3.63) is 73.8 Å². The Morgan fingerprint density at radius 2 is 1.94 bits per heavy atom. The van der Waals surface area contributed by atoms with Crippen molar-refractivity contribution in [2.45, 2.75) is 54.7 Å². The fourth-order valence-corrected chi connectivity index (χ4v) is 6.80. The van der Waals surface area contributed by atoms with Gasteiger partial charge in [0.1, 0.15) is 24.0 Å². The number of piperidine rings is 1. The molecule has 3 aliphatic rings. The summed E-state index contributed by atoms with van der Waals surface area (Å²) in [5.74, 6) is -2.02. The summed E-state index contributed by atoms with van der Waals surface area (Å²) in [6, 6.07) is 4.89. The second-order valence-electron chi connectivity index (χ2n) is 12.3. The number of amides is 1. The van der Waals surface area contributed by atoms with E-state index in [1.165, 1.54) is 25.4 Å². The lowest BCUT2D eigenvalue weighted by atomic mass is 9.94. The number of anilines is 1. The van der Waals surface area contributed by atoms with Crippen molar-refractivity contribution in [1.29, 1.82) is 0 Å². The summed E-state index contributed by atoms with van der Waals surface area (Å²) < 4.78 is 29.0. The van der Waals surface area contributed by atoms with Gasteiger partial charge in [-0.1, -0.05) is 23.2 Å². The number of nitrogens with zero attached hydrogens (tertiary/aromatic N) is 3. The van der Waals surface area contributed by atoms with E-state index in [0.29, 0.717) is 24.5 Å². The SMILES string of the molecule is COc1c(N2CC3CCCNC3C2)c(F)cc2c(=O)c(C(=O)OC[C@@H](NC(=O)C(Cl)Cl)[C@H](O)c3ccc([N+](=O)[O-])cc3)cn(C3CC3)c12. The lowest BCUT2D eigenvalue weighted by molar-refractivity contribution is -0.384. The van der Waals surface area contributed by atoms with Crippen LogP contribution >= 0.6 is 23.2 Å². The van der Waals surface area contributed by atoms with Crippen LogP contribution in [0.4, 0.5) is 15.8 Å². The third-order valence-corrected chi connectivity index (χ3v) is 9.62. The average molecular weight is 707 g/mol. The highest BCUT2D eigenvalue weighted by molar-refractivity contribution is 6.53. The molecule has 0 radical (unpaired) electrons. The van der Waals surface area contributed by atoms with Gasteiger partial charge in [-0.25, -0.2) is 9.18 Å². The molecule has 3 heterocycles. The highest BCUT2D eigenvalue weighted by atomic mass is 35.5. The van der Waals surface area contributed by atoms with E-state index in [4.69, 9.17) is 32.7 Å². The number of aliphatic hydroxyl groups is 1. The number of ether oxygens (including phenoxy) is 2. The Bertz CT molecular complexity index is 1790. The smallest absolute Gasteiger partial charge is 0.343 e. The highest BCUT2D eigenvalue weighted by Crippen LogP contribution is 2.45. The third-order valence-electron chi connectivity index (χ3n) is 9.22. The van der Waals surface area contributed by atoms with Crippen molar-refractivity contribution < 1.29 is 33.5 Å². The van der Waals surface area contributed by atoms with Gasteiger partial charge in [-0.05, 0) is 61.9 Å². The van der Waals surface area contributed by atoms with Gasteiger partial charge in [0.25, 0.3) is 11.6 Å². The number of alkyl halides is 2. The lowest BCUT2D eigenvalue weighted by Crippen LogP contribution is -2.45. The van der Waals surface area contributed by atoms with E-state index in [1.54, 1.807) is 4.57 Å². The number of nitro benzene ring substituents is 1. The van der Waals surface area contributed by atoms with E-state index in [-0.39, 0.29) is 45.7 Å². The zero-order valence-corrected chi connectivity index (χ0v) is 27.4. The molecule has 48 heavy (non-hydrogen) atoms. The molecule has 6 rings (SSSR count). The molecular weight excluding hydrogens is 672 g/mol. The van der Waals surface area contributed by atoms with Gasteiger partial charge in [-0.15, -0.1) is 0 Å². The number of nitro groups is 1. The molecule has 1 amide bonds. The minimum absolute atomic E-state index is 0.0490. The molecule has 3 N–H and O–H groups in total. The van der Waals surface area contributed by atoms with E-state index in [2.05, 4.69) is 10.6 Å². The molecule has 2 aromatic carbocycles. The molecule has 2 aliphatic heterocycles. The number of fused-ring (bicyclic) bond motifs is 2. The Morgan fingerprint density at radius 1 is 1.21 bits per heavy atom. The third kappa shape index (κ3) is 6.66. The zero-order chi connectivity index (χ0) is 34.3. The number of non-ortho nitro benzene ring substituents is 1. The van der Waals surface area contributed by atoms with Crippen molar-refractivity contribution in [3.8, 4) is 5.75 Å². The van der Waals surface area contributed by atoms with E-state index in [0.717, 1.165) is 50.4 Å². The van der Waals surface area contributed by atoms with E-state index >= 15 is 4.39 Å². The van der Waals surface area contributed by atoms with Crippen molar-refractivity contribution in [2.24, 2.45) is 5.92 Å². The number of nitrogens with one attached hydrogen (secondary N) is 2. The summed E-state index contributed by atoms with van der Waals surface area (Å²) >= 11 is 11.4. The van der Waals surface area contributed by atoms with Crippen molar-refractivity contribution in [1.82, 2.24) is 15.2 Å². The van der Waals surface area contributed by atoms with Crippen molar-refractivity contribution in [3.63, 3.8) is 0 Å². The van der Waals surface area contributed by atoms with Crippen LogP contribution in [-0.2, 0) is 9.53 Å². The maximum atomic E-state index is 16.0. The first-order valence-electron chi connectivity index (χ1n) is 15.6. The molecule has 16 heteroatoms. The number of hydrogen-bond acceptors (Lipinski definition) is 10. The van der Waals surface area contributed by atoms with Crippen LogP contribution in [0, 0.1) is 21.8 Å². The predicted molar refractivity (Wildman–Crippen MR) is 175 cm³/mol. The molecule has 0 spiro atoms. The topological polar surface area (TPSA) is 165 Å². The van der Waals surface area contributed by atoms with Crippen LogP contribution in [0.3, 0.4) is 0 Å². The number of pyridine rings is 1. The van der Waals surface area contributed by atoms with E-state index in [9.17, 15) is 29.6 Å². The standard InChI is InChI=1S/C32H34Cl2FN5O8/c1-47-29-25-20(11-22(35)26(29)38-12-17-3-2-10-36-23(17)14-38)28(42)21(13-39(25)18-8-9-18)32(44)48-15-24(37-31(43)30(33)34)27(41)16-4-6-19(7-5-16)40(45)46/h4-7,11,13,17-18,23-24,27,30,36,41H,2-3,8-10,12,14-15H2,1H3,(H,37,43)/t17?,23?,24-,27-/m1/s1.